The van der Waals surface area contributed by atoms with E-state index in [4.69, 9.17) is 11.6 Å². The minimum atomic E-state index is -0.544. The molecular weight excluding hydrogens is 284 g/mol. The van der Waals surface area contributed by atoms with E-state index in [0.717, 1.165) is 4.90 Å². The Balaban J connectivity index is 2.25. The number of nitrogens with one attached hydrogen (secondary N) is 2. The predicted octanol–water partition coefficient (Wildman–Crippen LogP) is 0.265. The minimum Gasteiger partial charge on any atom is -0.370 e. The highest BCUT2D eigenvalue weighted by atomic mass is 35.5. The summed E-state index contributed by atoms with van der Waals surface area (Å²) >= 11 is 5.96. The van der Waals surface area contributed by atoms with Gasteiger partial charge in [-0.1, -0.05) is 11.6 Å². The number of piperazine rings is 1. The Morgan fingerprint density at radius 3 is 2.65 bits per heavy atom. The molecule has 0 aromatic carbocycles. The molecule has 1 fully saturated rings. The second-order valence-electron chi connectivity index (χ2n) is 4.19. The Hall–Kier alpha value is -2.15. The fourth-order valence-electron chi connectivity index (χ4n) is 1.80. The summed E-state index contributed by atoms with van der Waals surface area (Å²) in [6.07, 6.45) is 0. The highest BCUT2D eigenvalue weighted by Crippen LogP contribution is 2.18. The van der Waals surface area contributed by atoms with Gasteiger partial charge < -0.3 is 10.2 Å². The molecule has 0 aliphatic carbocycles. The molecule has 2 N–H and O–H groups in total. The fourth-order valence-corrected chi connectivity index (χ4v) is 1.99. The molecule has 1 aromatic heterocycles. The second kappa shape index (κ2) is 5.87. The van der Waals surface area contributed by atoms with Crippen molar-refractivity contribution in [3.05, 3.63) is 22.8 Å². The largest absolute Gasteiger partial charge is 0.370 e. The van der Waals surface area contributed by atoms with Gasteiger partial charge in [-0.25, -0.2) is 4.98 Å². The van der Waals surface area contributed by atoms with Crippen LogP contribution in [0.4, 0.5) is 5.82 Å². The maximum absolute atomic E-state index is 12.3. The van der Waals surface area contributed by atoms with Crippen LogP contribution in [0.5, 0.6) is 0 Å². The van der Waals surface area contributed by atoms with Gasteiger partial charge in [0, 0.05) is 6.54 Å². The first-order valence-corrected chi connectivity index (χ1v) is 6.41. The third-order valence-corrected chi connectivity index (χ3v) is 2.95. The lowest BCUT2D eigenvalue weighted by Crippen LogP contribution is -2.53. The quantitative estimate of drug-likeness (QED) is 0.781. The van der Waals surface area contributed by atoms with Crippen LogP contribution >= 0.6 is 11.6 Å². The molecule has 2 rings (SSSR count). The average molecular weight is 297 g/mol. The van der Waals surface area contributed by atoms with Crippen LogP contribution in [0.1, 0.15) is 17.4 Å². The summed E-state index contributed by atoms with van der Waals surface area (Å²) in [5.74, 6) is -1.08. The summed E-state index contributed by atoms with van der Waals surface area (Å²) in [5.41, 5.74) is 0.0209. The standard InChI is InChI=1S/C12H13ClN4O3/c1-2-14-8-4-3-7(13)11(15-8)12(20)17-5-9(18)16-10(19)6-17/h3-4H,2,5-6H2,1H3,(H,14,15)(H,16,18,19). The molecule has 2 heterocycles. The molecule has 0 radical (unpaired) electrons. The van der Waals surface area contributed by atoms with Crippen LogP contribution in [0, 0.1) is 0 Å². The highest BCUT2D eigenvalue weighted by Gasteiger charge is 2.29. The Morgan fingerprint density at radius 2 is 2.05 bits per heavy atom. The van der Waals surface area contributed by atoms with E-state index < -0.39 is 17.7 Å². The molecule has 1 aromatic rings. The molecule has 8 heteroatoms. The molecule has 1 aliphatic rings. The Morgan fingerprint density at radius 1 is 1.40 bits per heavy atom. The zero-order valence-corrected chi connectivity index (χ0v) is 11.5. The monoisotopic (exact) mass is 296 g/mol. The number of aromatic nitrogens is 1. The van der Waals surface area contributed by atoms with Crippen molar-refractivity contribution in [2.75, 3.05) is 25.0 Å². The molecule has 1 aliphatic heterocycles. The van der Waals surface area contributed by atoms with Gasteiger partial charge in [-0.2, -0.15) is 0 Å². The molecular formula is C12H13ClN4O3. The van der Waals surface area contributed by atoms with Crippen LogP contribution in [-0.4, -0.2) is 47.2 Å². The molecule has 106 valence electrons. The fraction of sp³-hybridized carbons (Fsp3) is 0.333. The zero-order chi connectivity index (χ0) is 14.7. The molecule has 7 nitrogen and oxygen atoms in total. The number of hydrogen-bond donors (Lipinski definition) is 2. The summed E-state index contributed by atoms with van der Waals surface area (Å²) in [4.78, 5) is 40.1. The minimum absolute atomic E-state index is 0.0209. The summed E-state index contributed by atoms with van der Waals surface area (Å²) in [5, 5.41) is 5.26. The summed E-state index contributed by atoms with van der Waals surface area (Å²) in [6.45, 7) is 2.17. The third kappa shape index (κ3) is 3.05. The van der Waals surface area contributed by atoms with Crippen molar-refractivity contribution >= 4 is 35.1 Å². The van der Waals surface area contributed by atoms with Gasteiger partial charge in [0.2, 0.25) is 11.8 Å². The molecule has 0 bridgehead atoms. The maximum Gasteiger partial charge on any atom is 0.275 e. The van der Waals surface area contributed by atoms with Crippen molar-refractivity contribution in [2.45, 2.75) is 6.92 Å². The Labute approximate surface area is 120 Å². The van der Waals surface area contributed by atoms with E-state index >= 15 is 0 Å². The van der Waals surface area contributed by atoms with Gasteiger partial charge in [0.25, 0.3) is 5.91 Å². The van der Waals surface area contributed by atoms with Crippen LogP contribution in [-0.2, 0) is 9.59 Å². The van der Waals surface area contributed by atoms with Crippen LogP contribution in [0.2, 0.25) is 5.02 Å². The number of amides is 3. The van der Waals surface area contributed by atoms with Crippen molar-refractivity contribution in [1.82, 2.24) is 15.2 Å². The number of carbonyl (C=O) groups excluding carboxylic acids is 3. The van der Waals surface area contributed by atoms with Crippen molar-refractivity contribution in [3.63, 3.8) is 0 Å². The van der Waals surface area contributed by atoms with Gasteiger partial charge in [-0.3, -0.25) is 19.7 Å². The van der Waals surface area contributed by atoms with E-state index in [1.807, 2.05) is 6.92 Å². The molecule has 0 spiro atoms. The van der Waals surface area contributed by atoms with Crippen LogP contribution in [0.3, 0.4) is 0 Å². The van der Waals surface area contributed by atoms with E-state index in [0.29, 0.717) is 12.4 Å². The van der Waals surface area contributed by atoms with E-state index in [-0.39, 0.29) is 23.8 Å². The lowest BCUT2D eigenvalue weighted by atomic mass is 10.2. The van der Waals surface area contributed by atoms with Crippen LogP contribution < -0.4 is 10.6 Å². The number of hydrogen-bond acceptors (Lipinski definition) is 5. The summed E-state index contributed by atoms with van der Waals surface area (Å²) in [7, 11) is 0. The number of halogens is 1. The smallest absolute Gasteiger partial charge is 0.275 e. The molecule has 3 amide bonds. The van der Waals surface area contributed by atoms with E-state index in [1.54, 1.807) is 12.1 Å². The summed E-state index contributed by atoms with van der Waals surface area (Å²) < 4.78 is 0. The Bertz CT molecular complexity index is 560. The summed E-state index contributed by atoms with van der Waals surface area (Å²) in [6, 6.07) is 3.20. The lowest BCUT2D eigenvalue weighted by molar-refractivity contribution is -0.135. The SMILES string of the molecule is CCNc1ccc(Cl)c(C(=O)N2CC(=O)NC(=O)C2)n1. The first-order chi connectivity index (χ1) is 9.51. The van der Waals surface area contributed by atoms with Crippen LogP contribution in [0.25, 0.3) is 0 Å². The zero-order valence-electron chi connectivity index (χ0n) is 10.8. The van der Waals surface area contributed by atoms with Crippen molar-refractivity contribution in [3.8, 4) is 0 Å². The number of rotatable bonds is 3. The van der Waals surface area contributed by atoms with Gasteiger partial charge in [0.15, 0.2) is 0 Å². The Kier molecular flexibility index (Phi) is 4.19. The van der Waals surface area contributed by atoms with Crippen molar-refractivity contribution in [1.29, 1.82) is 0 Å². The molecule has 1 saturated heterocycles. The van der Waals surface area contributed by atoms with E-state index in [2.05, 4.69) is 15.6 Å². The van der Waals surface area contributed by atoms with E-state index in [9.17, 15) is 14.4 Å². The highest BCUT2D eigenvalue weighted by molar-refractivity contribution is 6.33. The number of nitrogens with zero attached hydrogens (tertiary/aromatic N) is 2. The number of carbonyl (C=O) groups is 3. The number of pyridine rings is 1. The van der Waals surface area contributed by atoms with E-state index in [1.165, 1.54) is 0 Å². The first kappa shape index (κ1) is 14.3. The van der Waals surface area contributed by atoms with Crippen molar-refractivity contribution < 1.29 is 14.4 Å². The van der Waals surface area contributed by atoms with Gasteiger partial charge in [0.1, 0.15) is 24.6 Å². The van der Waals surface area contributed by atoms with Gasteiger partial charge in [0.05, 0.1) is 5.02 Å². The van der Waals surface area contributed by atoms with Gasteiger partial charge in [-0.05, 0) is 19.1 Å². The topological polar surface area (TPSA) is 91.4 Å². The predicted molar refractivity (Wildman–Crippen MR) is 72.5 cm³/mol. The molecule has 0 atom stereocenters. The van der Waals surface area contributed by atoms with Crippen LogP contribution in [0.15, 0.2) is 12.1 Å². The lowest BCUT2D eigenvalue weighted by Gasteiger charge is -2.25. The first-order valence-electron chi connectivity index (χ1n) is 6.03. The average Bonchev–Trinajstić information content (AvgIpc) is 2.39. The number of imide groups is 1. The number of anilines is 1. The maximum atomic E-state index is 12.3. The third-order valence-electron chi connectivity index (χ3n) is 2.64. The van der Waals surface area contributed by atoms with Gasteiger partial charge in [-0.15, -0.1) is 0 Å². The molecule has 0 unspecified atom stereocenters. The molecule has 0 saturated carbocycles. The van der Waals surface area contributed by atoms with Crippen molar-refractivity contribution in [2.24, 2.45) is 0 Å². The second-order valence-corrected chi connectivity index (χ2v) is 4.60. The normalized spacial score (nSPS) is 15.0. The van der Waals surface area contributed by atoms with Gasteiger partial charge >= 0.3 is 0 Å². The molecule has 20 heavy (non-hydrogen) atoms.